The fourth-order valence-electron chi connectivity index (χ4n) is 2.19. The number of methoxy groups -OCH3 is 1. The number of rotatable bonds is 6. The highest BCUT2D eigenvalue weighted by molar-refractivity contribution is 6.08. The van der Waals surface area contributed by atoms with Gasteiger partial charge in [-0.1, -0.05) is 18.2 Å². The summed E-state index contributed by atoms with van der Waals surface area (Å²) in [6, 6.07) is 7.43. The lowest BCUT2D eigenvalue weighted by atomic mass is 10.1. The van der Waals surface area contributed by atoms with Crippen LogP contribution in [0.3, 0.4) is 0 Å². The highest BCUT2D eigenvalue weighted by Gasteiger charge is 2.16. The van der Waals surface area contributed by atoms with E-state index in [1.165, 1.54) is 38.3 Å². The summed E-state index contributed by atoms with van der Waals surface area (Å²) in [5, 5.41) is 12.2. The van der Waals surface area contributed by atoms with Crippen molar-refractivity contribution in [3.05, 3.63) is 69.3 Å². The Morgan fingerprint density at radius 1 is 1.26 bits per heavy atom. The van der Waals surface area contributed by atoms with E-state index in [1.54, 1.807) is 12.1 Å². The van der Waals surface area contributed by atoms with E-state index >= 15 is 0 Å². The van der Waals surface area contributed by atoms with Gasteiger partial charge >= 0.3 is 11.6 Å². The van der Waals surface area contributed by atoms with Crippen LogP contribution in [0.4, 0.5) is 0 Å². The Morgan fingerprint density at radius 3 is 2.67 bits per heavy atom. The van der Waals surface area contributed by atoms with Crippen molar-refractivity contribution in [2.45, 2.75) is 6.92 Å². The highest BCUT2D eigenvalue weighted by atomic mass is 16.5. The van der Waals surface area contributed by atoms with Gasteiger partial charge in [-0.05, 0) is 30.7 Å². The Morgan fingerprint density at radius 2 is 2.00 bits per heavy atom. The first-order chi connectivity index (χ1) is 12.8. The number of carbonyl (C=O) groups excluding carboxylic acids is 3. The van der Waals surface area contributed by atoms with Crippen LogP contribution in [0.25, 0.3) is 6.08 Å². The Hall–Kier alpha value is -3.68. The van der Waals surface area contributed by atoms with Gasteiger partial charge in [0, 0.05) is 11.6 Å². The summed E-state index contributed by atoms with van der Waals surface area (Å²) in [7, 11) is 1.21. The van der Waals surface area contributed by atoms with Gasteiger partial charge in [0.2, 0.25) is 0 Å². The van der Waals surface area contributed by atoms with Crippen molar-refractivity contribution in [1.29, 1.82) is 0 Å². The largest absolute Gasteiger partial charge is 0.507 e. The molecule has 0 aliphatic heterocycles. The van der Waals surface area contributed by atoms with Gasteiger partial charge < -0.3 is 19.6 Å². The van der Waals surface area contributed by atoms with E-state index < -0.39 is 34.6 Å². The Labute approximate surface area is 154 Å². The van der Waals surface area contributed by atoms with Crippen LogP contribution in [0, 0.1) is 6.92 Å². The number of ether oxygens (including phenoxy) is 1. The van der Waals surface area contributed by atoms with Gasteiger partial charge in [0.05, 0.1) is 7.11 Å². The van der Waals surface area contributed by atoms with Crippen LogP contribution >= 0.6 is 0 Å². The van der Waals surface area contributed by atoms with Gasteiger partial charge in [-0.2, -0.15) is 0 Å². The van der Waals surface area contributed by atoms with Gasteiger partial charge in [-0.3, -0.25) is 14.4 Å². The molecule has 2 N–H and O–H groups in total. The molecule has 8 heteroatoms. The number of benzene rings is 1. The van der Waals surface area contributed by atoms with Gasteiger partial charge in [0.1, 0.15) is 23.6 Å². The van der Waals surface area contributed by atoms with Crippen LogP contribution in [-0.2, 0) is 9.53 Å². The second-order valence-electron chi connectivity index (χ2n) is 5.49. The maximum Gasteiger partial charge on any atom is 0.351 e. The van der Waals surface area contributed by atoms with Crippen molar-refractivity contribution in [3.8, 4) is 5.75 Å². The van der Waals surface area contributed by atoms with Crippen molar-refractivity contribution in [2.24, 2.45) is 0 Å². The maximum absolute atomic E-state index is 12.2. The Balaban J connectivity index is 2.16. The molecular weight excluding hydrogens is 354 g/mol. The zero-order chi connectivity index (χ0) is 20.0. The first-order valence-corrected chi connectivity index (χ1v) is 7.83. The lowest BCUT2D eigenvalue weighted by molar-refractivity contribution is -0.139. The molecule has 0 radical (unpaired) electrons. The summed E-state index contributed by atoms with van der Waals surface area (Å²) >= 11 is 0. The summed E-state index contributed by atoms with van der Waals surface area (Å²) in [6.07, 6.45) is 2.48. The van der Waals surface area contributed by atoms with Crippen molar-refractivity contribution >= 4 is 23.7 Å². The molecule has 0 unspecified atom stereocenters. The predicted molar refractivity (Wildman–Crippen MR) is 95.5 cm³/mol. The van der Waals surface area contributed by atoms with E-state index in [0.717, 1.165) is 6.08 Å². The lowest BCUT2D eigenvalue weighted by Gasteiger charge is -2.04. The SMILES string of the molecule is COC(=O)CNC(=O)c1cccc(C=CC(=O)c2c(O)cc(C)oc2=O)c1. The summed E-state index contributed by atoms with van der Waals surface area (Å²) in [4.78, 5) is 47.0. The van der Waals surface area contributed by atoms with E-state index in [1.807, 2.05) is 0 Å². The van der Waals surface area contributed by atoms with Crippen LogP contribution in [0.5, 0.6) is 5.75 Å². The molecule has 8 nitrogen and oxygen atoms in total. The first kappa shape index (κ1) is 19.6. The number of ketones is 1. The summed E-state index contributed by atoms with van der Waals surface area (Å²) in [5.41, 5.74) is -0.627. The quantitative estimate of drug-likeness (QED) is 0.447. The fraction of sp³-hybridized carbons (Fsp3) is 0.158. The average molecular weight is 371 g/mol. The van der Waals surface area contributed by atoms with Crippen molar-refractivity contribution in [1.82, 2.24) is 5.32 Å². The van der Waals surface area contributed by atoms with Crippen LogP contribution < -0.4 is 10.9 Å². The first-order valence-electron chi connectivity index (χ1n) is 7.83. The topological polar surface area (TPSA) is 123 Å². The van der Waals surface area contributed by atoms with Crippen LogP contribution in [0.1, 0.15) is 32.0 Å². The molecule has 0 atom stereocenters. The third-order valence-corrected chi connectivity index (χ3v) is 3.50. The zero-order valence-electron chi connectivity index (χ0n) is 14.6. The highest BCUT2D eigenvalue weighted by Crippen LogP contribution is 2.16. The minimum Gasteiger partial charge on any atom is -0.507 e. The molecule has 27 heavy (non-hydrogen) atoms. The predicted octanol–water partition coefficient (Wildman–Crippen LogP) is 1.45. The van der Waals surface area contributed by atoms with Gasteiger partial charge in [-0.15, -0.1) is 0 Å². The van der Waals surface area contributed by atoms with E-state index in [9.17, 15) is 24.3 Å². The molecule has 1 heterocycles. The molecule has 0 aliphatic rings. The second kappa shape index (κ2) is 8.61. The van der Waals surface area contributed by atoms with E-state index in [2.05, 4.69) is 10.1 Å². The number of hydrogen-bond donors (Lipinski definition) is 2. The van der Waals surface area contributed by atoms with Gasteiger partial charge in [-0.25, -0.2) is 4.79 Å². The smallest absolute Gasteiger partial charge is 0.351 e. The molecular formula is C19H17NO7. The van der Waals surface area contributed by atoms with Crippen LogP contribution in [0.15, 0.2) is 45.6 Å². The number of hydrogen-bond acceptors (Lipinski definition) is 7. The van der Waals surface area contributed by atoms with Crippen LogP contribution in [0.2, 0.25) is 0 Å². The minimum absolute atomic E-state index is 0.184. The molecule has 2 aromatic rings. The van der Waals surface area contributed by atoms with Crippen LogP contribution in [-0.4, -0.2) is 36.4 Å². The van der Waals surface area contributed by atoms with E-state index in [4.69, 9.17) is 4.42 Å². The van der Waals surface area contributed by atoms with Crippen molar-refractivity contribution in [3.63, 3.8) is 0 Å². The minimum atomic E-state index is -0.932. The molecule has 1 aromatic carbocycles. The molecule has 0 aliphatic carbocycles. The summed E-state index contributed by atoms with van der Waals surface area (Å²) < 4.78 is 9.25. The Kier molecular flexibility index (Phi) is 6.27. The molecule has 140 valence electrons. The number of amides is 1. The fourth-order valence-corrected chi connectivity index (χ4v) is 2.19. The third-order valence-electron chi connectivity index (χ3n) is 3.50. The van der Waals surface area contributed by atoms with E-state index in [0.29, 0.717) is 5.56 Å². The normalized spacial score (nSPS) is 10.6. The summed E-state index contributed by atoms with van der Waals surface area (Å²) in [5.74, 6) is -2.08. The average Bonchev–Trinajstić information content (AvgIpc) is 2.63. The molecule has 0 saturated heterocycles. The molecule has 0 fully saturated rings. The standard InChI is InChI=1S/C19H17NO7/c1-11-8-15(22)17(19(25)27-11)14(21)7-6-12-4-3-5-13(9-12)18(24)20-10-16(23)26-2/h3-9,22H,10H2,1-2H3,(H,20,24). The number of aromatic hydroxyl groups is 1. The summed E-state index contributed by atoms with van der Waals surface area (Å²) in [6.45, 7) is 1.21. The van der Waals surface area contributed by atoms with Gasteiger partial charge in [0.25, 0.3) is 5.91 Å². The zero-order valence-corrected chi connectivity index (χ0v) is 14.6. The number of nitrogens with one attached hydrogen (secondary N) is 1. The molecule has 2 rings (SSSR count). The lowest BCUT2D eigenvalue weighted by Crippen LogP contribution is -2.30. The number of esters is 1. The molecule has 1 aromatic heterocycles. The van der Waals surface area contributed by atoms with Crippen molar-refractivity contribution in [2.75, 3.05) is 13.7 Å². The monoisotopic (exact) mass is 371 g/mol. The maximum atomic E-state index is 12.2. The molecule has 1 amide bonds. The van der Waals surface area contributed by atoms with Crippen molar-refractivity contribution < 1.29 is 28.6 Å². The molecule has 0 spiro atoms. The van der Waals surface area contributed by atoms with E-state index in [-0.39, 0.29) is 17.9 Å². The Bertz CT molecular complexity index is 972. The number of carbonyl (C=O) groups is 3. The second-order valence-corrected chi connectivity index (χ2v) is 5.49. The molecule has 0 bridgehead atoms. The third kappa shape index (κ3) is 5.15. The van der Waals surface area contributed by atoms with Gasteiger partial charge in [0.15, 0.2) is 5.78 Å². The number of allylic oxidation sites excluding steroid dienone is 1. The number of aryl methyl sites for hydroxylation is 1. The molecule has 0 saturated carbocycles.